The summed E-state index contributed by atoms with van der Waals surface area (Å²) in [4.78, 5) is 33.3. The van der Waals surface area contributed by atoms with Gasteiger partial charge in [-0.25, -0.2) is 0 Å². The van der Waals surface area contributed by atoms with Crippen LogP contribution in [0.15, 0.2) is 0 Å². The number of carbonyl (C=O) groups is 4. The van der Waals surface area contributed by atoms with Gasteiger partial charge in [0.15, 0.2) is 0 Å². The van der Waals surface area contributed by atoms with Crippen LogP contribution < -0.4 is 5.11 Å². The predicted molar refractivity (Wildman–Crippen MR) is 32.1 cm³/mol. The third-order valence-corrected chi connectivity index (χ3v) is 0. The van der Waals surface area contributed by atoms with Crippen molar-refractivity contribution in [2.75, 3.05) is 0 Å². The van der Waals surface area contributed by atoms with Gasteiger partial charge in [0.2, 0.25) is 0 Å². The van der Waals surface area contributed by atoms with Crippen LogP contribution in [0.3, 0.4) is 0 Å². The van der Waals surface area contributed by atoms with Gasteiger partial charge in [-0.15, -0.1) is 0 Å². The van der Waals surface area contributed by atoms with E-state index in [1.54, 1.807) is 0 Å². The monoisotopic (exact) mass is 421 g/mol. The molecule has 0 aromatic carbocycles. The minimum atomic E-state index is -0.500. The Morgan fingerprint density at radius 2 is 0.769 bits per heavy atom. The van der Waals surface area contributed by atoms with Crippen LogP contribution in [0.25, 0.3) is 0 Å². The van der Waals surface area contributed by atoms with E-state index in [0.717, 1.165) is 0 Å². The maximum absolute atomic E-state index is 8.36. The topological polar surface area (TPSA) is 152 Å². The van der Waals surface area contributed by atoms with Gasteiger partial charge in [0.05, 0.1) is 0 Å². The Bertz CT molecular complexity index is 70.1. The standard InChI is InChI=1S/4CH2O2.U/c4*2-1-3;/h4*1H,(H,2,3);/p-1. The van der Waals surface area contributed by atoms with Crippen LogP contribution in [0, 0.1) is 31.1 Å². The molecule has 0 saturated heterocycles. The van der Waals surface area contributed by atoms with Gasteiger partial charge in [0, 0.05) is 37.6 Å². The molecule has 0 radical (unpaired) electrons. The Morgan fingerprint density at radius 1 is 0.769 bits per heavy atom. The van der Waals surface area contributed by atoms with Gasteiger partial charge in [-0.3, -0.25) is 14.4 Å². The van der Waals surface area contributed by atoms with E-state index in [0.29, 0.717) is 0 Å². The van der Waals surface area contributed by atoms with Crippen LogP contribution in [0.4, 0.5) is 0 Å². The van der Waals surface area contributed by atoms with E-state index in [1.165, 1.54) is 0 Å². The molecule has 8 nitrogen and oxygen atoms in total. The molecule has 0 amide bonds. The second-order valence-electron chi connectivity index (χ2n) is 0.412. The van der Waals surface area contributed by atoms with Crippen molar-refractivity contribution >= 4 is 25.9 Å². The van der Waals surface area contributed by atoms with Gasteiger partial charge in [0.1, 0.15) is 0 Å². The van der Waals surface area contributed by atoms with E-state index >= 15 is 0 Å². The largest absolute Gasteiger partial charge is 0.554 e. The van der Waals surface area contributed by atoms with Gasteiger partial charge in [-0.2, -0.15) is 0 Å². The molecule has 0 fully saturated rings. The van der Waals surface area contributed by atoms with Crippen LogP contribution in [-0.4, -0.2) is 41.2 Å². The first-order valence-electron chi connectivity index (χ1n) is 1.95. The average molecular weight is 421 g/mol. The Balaban J connectivity index is -0.0000000213. The third-order valence-electron chi connectivity index (χ3n) is 0. The van der Waals surface area contributed by atoms with Gasteiger partial charge in [0.25, 0.3) is 19.4 Å². The zero-order valence-electron chi connectivity index (χ0n) is 6.19. The first-order valence-corrected chi connectivity index (χ1v) is 1.95. The quantitative estimate of drug-likeness (QED) is 0.362. The number of rotatable bonds is 0. The van der Waals surface area contributed by atoms with Crippen LogP contribution >= 0.6 is 0 Å². The van der Waals surface area contributed by atoms with Crippen molar-refractivity contribution in [1.82, 2.24) is 0 Å². The van der Waals surface area contributed by atoms with E-state index < -0.39 is 6.47 Å². The molecular formula is C4H7O8U-. The molecule has 0 aromatic heterocycles. The van der Waals surface area contributed by atoms with E-state index in [9.17, 15) is 0 Å². The van der Waals surface area contributed by atoms with Crippen molar-refractivity contribution in [3.63, 3.8) is 0 Å². The molecule has 13 heavy (non-hydrogen) atoms. The first kappa shape index (κ1) is 29.7. The van der Waals surface area contributed by atoms with Crippen molar-refractivity contribution < 1.29 is 70.7 Å². The van der Waals surface area contributed by atoms with E-state index in [-0.39, 0.29) is 50.5 Å². The van der Waals surface area contributed by atoms with Crippen LogP contribution in [-0.2, 0) is 19.2 Å². The van der Waals surface area contributed by atoms with Crippen LogP contribution in [0.1, 0.15) is 0 Å². The fourth-order valence-electron chi connectivity index (χ4n) is 0. The summed E-state index contributed by atoms with van der Waals surface area (Å²) >= 11 is 0. The number of hydrogen-bond acceptors (Lipinski definition) is 5. The average Bonchev–Trinajstić information content (AvgIpc) is 1.92. The van der Waals surface area contributed by atoms with Crippen LogP contribution in [0.5, 0.6) is 0 Å². The molecule has 0 spiro atoms. The number of carboxylic acid groups (broad SMARTS) is 4. The summed E-state index contributed by atoms with van der Waals surface area (Å²) in [5, 5.41) is 28.9. The Morgan fingerprint density at radius 3 is 0.769 bits per heavy atom. The molecular weight excluding hydrogens is 414 g/mol. The molecule has 0 bridgehead atoms. The van der Waals surface area contributed by atoms with Gasteiger partial charge in [-0.1, -0.05) is 0 Å². The fourth-order valence-corrected chi connectivity index (χ4v) is 0. The predicted octanol–water partition coefficient (Wildman–Crippen LogP) is -2.53. The Hall–Kier alpha value is -1.07. The molecule has 9 heteroatoms. The molecule has 0 rings (SSSR count). The normalized spacial score (nSPS) is 3.69. The van der Waals surface area contributed by atoms with Gasteiger partial charge < -0.3 is 25.2 Å². The molecule has 0 heterocycles. The number of hydrogen-bond donors (Lipinski definition) is 3. The van der Waals surface area contributed by atoms with Gasteiger partial charge in [-0.05, 0) is 0 Å². The zero-order chi connectivity index (χ0) is 10.8. The van der Waals surface area contributed by atoms with Crippen molar-refractivity contribution in [3.05, 3.63) is 0 Å². The Kier molecular flexibility index (Phi) is 286. The molecule has 0 aliphatic heterocycles. The molecule has 0 aromatic rings. The first-order chi connectivity index (χ1) is 5.66. The van der Waals surface area contributed by atoms with Crippen molar-refractivity contribution in [2.45, 2.75) is 0 Å². The third kappa shape index (κ3) is 765. The fraction of sp³-hybridized carbons (Fsp3) is 0. The molecule has 0 aliphatic carbocycles. The SMILES string of the molecule is O=CO.O=CO.O=CO.O=C[O-].[U]. The summed E-state index contributed by atoms with van der Waals surface area (Å²) < 4.78 is 0. The number of carbonyl (C=O) groups excluding carboxylic acids is 1. The second kappa shape index (κ2) is 125. The summed E-state index contributed by atoms with van der Waals surface area (Å²) in [5.41, 5.74) is 0. The van der Waals surface area contributed by atoms with Gasteiger partial charge >= 0.3 is 0 Å². The second-order valence-corrected chi connectivity index (χ2v) is 0.412. The van der Waals surface area contributed by atoms with E-state index in [4.69, 9.17) is 39.6 Å². The summed E-state index contributed by atoms with van der Waals surface area (Å²) in [6, 6.07) is 0. The summed E-state index contributed by atoms with van der Waals surface area (Å²) in [6.45, 7) is -1.25. The van der Waals surface area contributed by atoms with Crippen molar-refractivity contribution in [3.8, 4) is 0 Å². The summed E-state index contributed by atoms with van der Waals surface area (Å²) in [5.74, 6) is 0. The molecule has 0 unspecified atom stereocenters. The van der Waals surface area contributed by atoms with Crippen LogP contribution in [0.2, 0.25) is 0 Å². The minimum Gasteiger partial charge on any atom is -0.554 e. The smallest absolute Gasteiger partial charge is 0.290 e. The summed E-state index contributed by atoms with van der Waals surface area (Å²) in [7, 11) is 0. The molecule has 0 saturated carbocycles. The molecule has 76 valence electrons. The van der Waals surface area contributed by atoms with E-state index in [1.807, 2.05) is 0 Å². The van der Waals surface area contributed by atoms with E-state index in [2.05, 4.69) is 0 Å². The molecule has 3 N–H and O–H groups in total. The maximum Gasteiger partial charge on any atom is 0.290 e. The van der Waals surface area contributed by atoms with Crippen molar-refractivity contribution in [2.24, 2.45) is 0 Å². The molecule has 0 atom stereocenters. The van der Waals surface area contributed by atoms with Crippen molar-refractivity contribution in [1.29, 1.82) is 0 Å². The molecule has 0 aliphatic rings. The minimum absolute atomic E-state index is 0. The zero-order valence-corrected chi connectivity index (χ0v) is 10.4. The maximum atomic E-state index is 8.36. The Labute approximate surface area is 96.6 Å². The summed E-state index contributed by atoms with van der Waals surface area (Å²) in [6.07, 6.45) is 0.